The van der Waals surface area contributed by atoms with E-state index in [0.717, 1.165) is 0 Å². The van der Waals surface area contributed by atoms with E-state index in [1.807, 2.05) is 6.92 Å². The lowest BCUT2D eigenvalue weighted by Crippen LogP contribution is -2.37. The van der Waals surface area contributed by atoms with Crippen molar-refractivity contribution >= 4 is 0 Å². The molecule has 0 aromatic carbocycles. The molecule has 0 radical (unpaired) electrons. The fourth-order valence-corrected chi connectivity index (χ4v) is 0.430. The molecule has 0 bridgehead atoms. The van der Waals surface area contributed by atoms with Gasteiger partial charge < -0.3 is 10.8 Å². The van der Waals surface area contributed by atoms with E-state index in [2.05, 4.69) is 5.43 Å². The van der Waals surface area contributed by atoms with Crippen LogP contribution in [0.25, 0.3) is 0 Å². The standard InChI is InChI=1S/C4H13N3O/c1-3(7-6)2-4(5)8/h3-4,7-8H,2,5-6H2,1H3. The number of hydrogen-bond acceptors (Lipinski definition) is 4. The second kappa shape index (κ2) is 3.80. The van der Waals surface area contributed by atoms with Crippen LogP contribution in [0.2, 0.25) is 0 Å². The minimum absolute atomic E-state index is 0.0787. The fourth-order valence-electron chi connectivity index (χ4n) is 0.430. The average Bonchev–Trinajstić information content (AvgIpc) is 1.65. The van der Waals surface area contributed by atoms with Crippen LogP contribution in [0, 0.1) is 0 Å². The molecule has 2 unspecified atom stereocenters. The van der Waals surface area contributed by atoms with Gasteiger partial charge in [-0.3, -0.25) is 11.3 Å². The molecule has 4 nitrogen and oxygen atoms in total. The van der Waals surface area contributed by atoms with Crippen molar-refractivity contribution in [3.63, 3.8) is 0 Å². The van der Waals surface area contributed by atoms with Gasteiger partial charge in [-0.25, -0.2) is 0 Å². The van der Waals surface area contributed by atoms with Crippen LogP contribution >= 0.6 is 0 Å². The Hall–Kier alpha value is -0.160. The molecule has 50 valence electrons. The van der Waals surface area contributed by atoms with Crippen LogP contribution in [0.15, 0.2) is 0 Å². The van der Waals surface area contributed by atoms with Crippen molar-refractivity contribution in [1.29, 1.82) is 0 Å². The van der Waals surface area contributed by atoms with E-state index in [0.29, 0.717) is 6.42 Å². The number of nitrogens with two attached hydrogens (primary N) is 2. The monoisotopic (exact) mass is 119 g/mol. The lowest BCUT2D eigenvalue weighted by atomic mass is 10.2. The summed E-state index contributed by atoms with van der Waals surface area (Å²) < 4.78 is 0. The van der Waals surface area contributed by atoms with E-state index >= 15 is 0 Å². The van der Waals surface area contributed by atoms with Crippen LogP contribution in [0.3, 0.4) is 0 Å². The van der Waals surface area contributed by atoms with Crippen molar-refractivity contribution < 1.29 is 5.11 Å². The third kappa shape index (κ3) is 4.01. The van der Waals surface area contributed by atoms with Gasteiger partial charge >= 0.3 is 0 Å². The molecule has 0 aliphatic carbocycles. The number of aliphatic hydroxyl groups is 1. The number of nitrogens with one attached hydrogen (secondary N) is 1. The summed E-state index contributed by atoms with van der Waals surface area (Å²) in [4.78, 5) is 0. The van der Waals surface area contributed by atoms with E-state index < -0.39 is 6.23 Å². The van der Waals surface area contributed by atoms with Crippen LogP contribution in [0.4, 0.5) is 0 Å². The van der Waals surface area contributed by atoms with E-state index in [-0.39, 0.29) is 6.04 Å². The van der Waals surface area contributed by atoms with Gasteiger partial charge in [-0.15, -0.1) is 0 Å². The van der Waals surface area contributed by atoms with Gasteiger partial charge in [0, 0.05) is 12.5 Å². The summed E-state index contributed by atoms with van der Waals surface area (Å²) in [5.41, 5.74) is 7.49. The van der Waals surface area contributed by atoms with Gasteiger partial charge in [-0.1, -0.05) is 0 Å². The summed E-state index contributed by atoms with van der Waals surface area (Å²) in [6.07, 6.45) is -0.280. The molecular formula is C4H13N3O. The van der Waals surface area contributed by atoms with Crippen LogP contribution in [0.5, 0.6) is 0 Å². The van der Waals surface area contributed by atoms with Crippen molar-refractivity contribution in [3.05, 3.63) is 0 Å². The molecular weight excluding hydrogens is 106 g/mol. The third-order valence-corrected chi connectivity index (χ3v) is 0.880. The Morgan fingerprint density at radius 1 is 1.75 bits per heavy atom. The Labute approximate surface area is 48.8 Å². The van der Waals surface area contributed by atoms with Gasteiger partial charge in [0.1, 0.15) is 6.23 Å². The molecule has 0 fully saturated rings. The lowest BCUT2D eigenvalue weighted by Gasteiger charge is -2.10. The molecule has 0 rings (SSSR count). The number of rotatable bonds is 3. The van der Waals surface area contributed by atoms with Gasteiger partial charge in [-0.2, -0.15) is 0 Å². The number of aliphatic hydroxyl groups excluding tert-OH is 1. The first-order chi connectivity index (χ1) is 3.66. The Bertz CT molecular complexity index is 57.2. The number of hydrogen-bond donors (Lipinski definition) is 4. The predicted molar refractivity (Wildman–Crippen MR) is 31.6 cm³/mol. The zero-order valence-corrected chi connectivity index (χ0v) is 4.96. The molecule has 6 N–H and O–H groups in total. The van der Waals surface area contributed by atoms with Crippen LogP contribution in [0.1, 0.15) is 13.3 Å². The van der Waals surface area contributed by atoms with Crippen LogP contribution in [-0.2, 0) is 0 Å². The number of hydrazine groups is 1. The second-order valence-electron chi connectivity index (χ2n) is 1.87. The first kappa shape index (κ1) is 7.84. The average molecular weight is 119 g/mol. The Balaban J connectivity index is 3.10. The molecule has 4 heteroatoms. The fraction of sp³-hybridized carbons (Fsp3) is 1.00. The second-order valence-corrected chi connectivity index (χ2v) is 1.87. The highest BCUT2D eigenvalue weighted by Gasteiger charge is 2.01. The Morgan fingerprint density at radius 2 is 2.25 bits per heavy atom. The van der Waals surface area contributed by atoms with Crippen molar-refractivity contribution in [1.82, 2.24) is 5.43 Å². The Morgan fingerprint density at radius 3 is 2.38 bits per heavy atom. The predicted octanol–water partition coefficient (Wildman–Crippen LogP) is -1.49. The van der Waals surface area contributed by atoms with Gasteiger partial charge in [0.15, 0.2) is 0 Å². The smallest absolute Gasteiger partial charge is 0.103 e. The maximum atomic E-state index is 8.54. The summed E-state index contributed by atoms with van der Waals surface area (Å²) in [5.74, 6) is 5.00. The van der Waals surface area contributed by atoms with Gasteiger partial charge in [-0.05, 0) is 6.92 Å². The quantitative estimate of drug-likeness (QED) is 0.207. The highest BCUT2D eigenvalue weighted by Crippen LogP contribution is 1.88. The molecule has 8 heavy (non-hydrogen) atoms. The Kier molecular flexibility index (Phi) is 3.72. The van der Waals surface area contributed by atoms with E-state index in [9.17, 15) is 0 Å². The molecule has 0 aromatic rings. The van der Waals surface area contributed by atoms with Crippen LogP contribution in [-0.4, -0.2) is 17.4 Å². The summed E-state index contributed by atoms with van der Waals surface area (Å²) in [6.45, 7) is 1.84. The first-order valence-electron chi connectivity index (χ1n) is 2.56. The van der Waals surface area contributed by atoms with Crippen molar-refractivity contribution in [2.75, 3.05) is 0 Å². The van der Waals surface area contributed by atoms with E-state index in [1.165, 1.54) is 0 Å². The highest BCUT2D eigenvalue weighted by molar-refractivity contribution is 4.57. The molecule has 0 saturated heterocycles. The van der Waals surface area contributed by atoms with E-state index in [1.54, 1.807) is 0 Å². The first-order valence-corrected chi connectivity index (χ1v) is 2.56. The van der Waals surface area contributed by atoms with Gasteiger partial charge in [0.25, 0.3) is 0 Å². The highest BCUT2D eigenvalue weighted by atomic mass is 16.3. The molecule has 0 spiro atoms. The summed E-state index contributed by atoms with van der Waals surface area (Å²) in [7, 11) is 0. The van der Waals surface area contributed by atoms with Gasteiger partial charge in [0.05, 0.1) is 0 Å². The van der Waals surface area contributed by atoms with Crippen LogP contribution < -0.4 is 17.0 Å². The molecule has 0 aliphatic heterocycles. The SMILES string of the molecule is CC(CC(N)O)NN. The third-order valence-electron chi connectivity index (χ3n) is 0.880. The molecule has 0 amide bonds. The molecule has 0 aromatic heterocycles. The molecule has 0 saturated carbocycles. The summed E-state index contributed by atoms with van der Waals surface area (Å²) in [6, 6.07) is 0.0787. The normalized spacial score (nSPS) is 18.0. The summed E-state index contributed by atoms with van der Waals surface area (Å²) in [5, 5.41) is 8.54. The summed E-state index contributed by atoms with van der Waals surface area (Å²) >= 11 is 0. The largest absolute Gasteiger partial charge is 0.379 e. The lowest BCUT2D eigenvalue weighted by molar-refractivity contribution is 0.159. The van der Waals surface area contributed by atoms with Crippen molar-refractivity contribution in [2.24, 2.45) is 11.6 Å². The minimum atomic E-state index is -0.763. The maximum Gasteiger partial charge on any atom is 0.103 e. The molecule has 2 atom stereocenters. The topological polar surface area (TPSA) is 84.3 Å². The van der Waals surface area contributed by atoms with Gasteiger partial charge in [0.2, 0.25) is 0 Å². The maximum absolute atomic E-state index is 8.54. The zero-order valence-electron chi connectivity index (χ0n) is 4.96. The zero-order chi connectivity index (χ0) is 6.57. The van der Waals surface area contributed by atoms with E-state index in [4.69, 9.17) is 16.7 Å². The minimum Gasteiger partial charge on any atom is -0.379 e. The van der Waals surface area contributed by atoms with Crippen molar-refractivity contribution in [3.8, 4) is 0 Å². The molecule has 0 aliphatic rings. The molecule has 0 heterocycles. The van der Waals surface area contributed by atoms with Crippen molar-refractivity contribution in [2.45, 2.75) is 25.6 Å².